The summed E-state index contributed by atoms with van der Waals surface area (Å²) in [5.74, 6) is 1.39. The van der Waals surface area contributed by atoms with E-state index in [9.17, 15) is 4.79 Å². The van der Waals surface area contributed by atoms with Crippen LogP contribution in [-0.2, 0) is 13.2 Å². The molecule has 128 valence electrons. The summed E-state index contributed by atoms with van der Waals surface area (Å²) >= 11 is 0. The number of nitrogens with one attached hydrogen (secondary N) is 1. The average Bonchev–Trinajstić information content (AvgIpc) is 3.05. The van der Waals surface area contributed by atoms with Crippen molar-refractivity contribution >= 4 is 5.91 Å². The summed E-state index contributed by atoms with van der Waals surface area (Å²) in [6.07, 6.45) is 1.68. The molecular weight excluding hydrogens is 320 g/mol. The van der Waals surface area contributed by atoms with Crippen molar-refractivity contribution in [3.8, 4) is 5.75 Å². The summed E-state index contributed by atoms with van der Waals surface area (Å²) in [5.41, 5.74) is 2.37. The van der Waals surface area contributed by atoms with E-state index in [0.29, 0.717) is 29.6 Å². The summed E-state index contributed by atoms with van der Waals surface area (Å²) in [6, 6.07) is 11.0. The number of benzene rings is 1. The predicted octanol–water partition coefficient (Wildman–Crippen LogP) is 2.59. The number of ether oxygens (including phenoxy) is 1. The Morgan fingerprint density at radius 3 is 2.84 bits per heavy atom. The summed E-state index contributed by atoms with van der Waals surface area (Å²) in [7, 11) is 0. The first-order valence-corrected chi connectivity index (χ1v) is 7.82. The fourth-order valence-electron chi connectivity index (χ4n) is 2.18. The summed E-state index contributed by atoms with van der Waals surface area (Å²) in [6.45, 7) is 4.19. The van der Waals surface area contributed by atoms with Crippen LogP contribution in [0.1, 0.15) is 33.3 Å². The van der Waals surface area contributed by atoms with E-state index in [-0.39, 0.29) is 12.5 Å². The second kappa shape index (κ2) is 7.57. The average molecular weight is 338 g/mol. The Hall–Kier alpha value is -3.22. The van der Waals surface area contributed by atoms with Gasteiger partial charge in [0.25, 0.3) is 5.91 Å². The van der Waals surface area contributed by atoms with Crippen LogP contribution in [-0.4, -0.2) is 21.0 Å². The second-order valence-electron chi connectivity index (χ2n) is 5.54. The van der Waals surface area contributed by atoms with Crippen molar-refractivity contribution in [2.45, 2.75) is 27.0 Å². The highest BCUT2D eigenvalue weighted by atomic mass is 16.5. The molecule has 7 nitrogen and oxygen atoms in total. The molecule has 0 fully saturated rings. The maximum absolute atomic E-state index is 12.2. The Labute approximate surface area is 145 Å². The number of amides is 1. The zero-order valence-electron chi connectivity index (χ0n) is 14.0. The van der Waals surface area contributed by atoms with Gasteiger partial charge < -0.3 is 14.6 Å². The Morgan fingerprint density at radius 2 is 2.12 bits per heavy atom. The lowest BCUT2D eigenvalue weighted by Crippen LogP contribution is -2.23. The monoisotopic (exact) mass is 338 g/mol. The zero-order valence-corrected chi connectivity index (χ0v) is 14.0. The third-order valence-corrected chi connectivity index (χ3v) is 3.46. The maximum atomic E-state index is 12.2. The van der Waals surface area contributed by atoms with Crippen molar-refractivity contribution in [3.63, 3.8) is 0 Å². The van der Waals surface area contributed by atoms with Gasteiger partial charge in [-0.15, -0.1) is 0 Å². The van der Waals surface area contributed by atoms with Gasteiger partial charge in [-0.3, -0.25) is 9.78 Å². The number of carbonyl (C=O) groups excluding carboxylic acids is 1. The van der Waals surface area contributed by atoms with E-state index in [2.05, 4.69) is 20.4 Å². The summed E-state index contributed by atoms with van der Waals surface area (Å²) in [5, 5.41) is 6.50. The normalized spacial score (nSPS) is 10.5. The second-order valence-corrected chi connectivity index (χ2v) is 5.54. The highest BCUT2D eigenvalue weighted by molar-refractivity contribution is 5.94. The lowest BCUT2D eigenvalue weighted by Gasteiger charge is -2.08. The highest BCUT2D eigenvalue weighted by Crippen LogP contribution is 2.13. The molecule has 2 aromatic heterocycles. The van der Waals surface area contributed by atoms with Crippen molar-refractivity contribution in [1.29, 1.82) is 0 Å². The van der Waals surface area contributed by atoms with Gasteiger partial charge in [0, 0.05) is 18.2 Å². The molecule has 0 saturated heterocycles. The van der Waals surface area contributed by atoms with Gasteiger partial charge in [0.1, 0.15) is 12.4 Å². The fraction of sp³-hybridized carbons (Fsp3) is 0.222. The molecular formula is C18H18N4O3. The van der Waals surface area contributed by atoms with Crippen molar-refractivity contribution in [2.75, 3.05) is 0 Å². The number of aromatic nitrogens is 3. The summed E-state index contributed by atoms with van der Waals surface area (Å²) < 4.78 is 10.6. The van der Waals surface area contributed by atoms with Crippen molar-refractivity contribution < 1.29 is 14.1 Å². The van der Waals surface area contributed by atoms with E-state index in [1.54, 1.807) is 25.3 Å². The Morgan fingerprint density at radius 1 is 1.24 bits per heavy atom. The van der Waals surface area contributed by atoms with E-state index in [1.807, 2.05) is 31.2 Å². The van der Waals surface area contributed by atoms with Gasteiger partial charge in [-0.25, -0.2) is 0 Å². The predicted molar refractivity (Wildman–Crippen MR) is 90.0 cm³/mol. The van der Waals surface area contributed by atoms with Gasteiger partial charge >= 0.3 is 0 Å². The molecule has 0 unspecified atom stereocenters. The molecule has 0 aliphatic rings. The first kappa shape index (κ1) is 16.6. The van der Waals surface area contributed by atoms with E-state index in [0.717, 1.165) is 11.3 Å². The minimum atomic E-state index is -0.207. The van der Waals surface area contributed by atoms with Crippen molar-refractivity contribution in [3.05, 3.63) is 71.1 Å². The van der Waals surface area contributed by atoms with E-state index < -0.39 is 0 Å². The Balaban J connectivity index is 1.58. The topological polar surface area (TPSA) is 90.1 Å². The van der Waals surface area contributed by atoms with Gasteiger partial charge in [-0.05, 0) is 36.8 Å². The molecule has 0 aliphatic heterocycles. The number of hydrogen-bond donors (Lipinski definition) is 1. The van der Waals surface area contributed by atoms with Gasteiger partial charge in [0.2, 0.25) is 5.89 Å². The van der Waals surface area contributed by atoms with Crippen LogP contribution < -0.4 is 10.1 Å². The molecule has 1 amide bonds. The molecule has 0 aliphatic carbocycles. The van der Waals surface area contributed by atoms with Gasteiger partial charge in [0.05, 0.1) is 12.7 Å². The molecule has 7 heteroatoms. The Kier molecular flexibility index (Phi) is 5.03. The quantitative estimate of drug-likeness (QED) is 0.743. The standard InChI is InChI=1S/C18H18N4O3/c1-12-6-7-16(9-19-12)24-11-14-4-3-5-15(8-14)18(23)20-10-17-21-13(2)25-22-17/h3-9H,10-11H2,1-2H3,(H,20,23). The van der Waals surface area contributed by atoms with E-state index >= 15 is 0 Å². The molecule has 1 N–H and O–H groups in total. The van der Waals surface area contributed by atoms with Crippen LogP contribution in [0, 0.1) is 13.8 Å². The SMILES string of the molecule is Cc1ccc(OCc2cccc(C(=O)NCc3noc(C)n3)c2)cn1. The van der Waals surface area contributed by atoms with Crippen LogP contribution in [0.25, 0.3) is 0 Å². The molecule has 1 aromatic carbocycles. The molecule has 25 heavy (non-hydrogen) atoms. The fourth-order valence-corrected chi connectivity index (χ4v) is 2.18. The van der Waals surface area contributed by atoms with E-state index in [1.165, 1.54) is 0 Å². The third-order valence-electron chi connectivity index (χ3n) is 3.46. The molecule has 3 rings (SSSR count). The van der Waals surface area contributed by atoms with Crippen LogP contribution in [0.4, 0.5) is 0 Å². The first-order valence-electron chi connectivity index (χ1n) is 7.82. The maximum Gasteiger partial charge on any atom is 0.251 e. The van der Waals surface area contributed by atoms with Gasteiger partial charge in [-0.2, -0.15) is 4.98 Å². The Bertz CT molecular complexity index is 859. The highest BCUT2D eigenvalue weighted by Gasteiger charge is 2.09. The number of carbonyl (C=O) groups is 1. The van der Waals surface area contributed by atoms with Crippen LogP contribution in [0.3, 0.4) is 0 Å². The number of aryl methyl sites for hydroxylation is 2. The minimum absolute atomic E-state index is 0.207. The number of nitrogens with zero attached hydrogens (tertiary/aromatic N) is 3. The molecule has 2 heterocycles. The first-order chi connectivity index (χ1) is 12.1. The number of rotatable bonds is 6. The third kappa shape index (κ3) is 4.63. The molecule has 0 radical (unpaired) electrons. The largest absolute Gasteiger partial charge is 0.487 e. The van der Waals surface area contributed by atoms with Crippen LogP contribution >= 0.6 is 0 Å². The van der Waals surface area contributed by atoms with Crippen LogP contribution in [0.5, 0.6) is 5.75 Å². The van der Waals surface area contributed by atoms with Crippen LogP contribution in [0.2, 0.25) is 0 Å². The minimum Gasteiger partial charge on any atom is -0.487 e. The van der Waals surface area contributed by atoms with Crippen LogP contribution in [0.15, 0.2) is 47.1 Å². The molecule has 0 bridgehead atoms. The molecule has 0 saturated carbocycles. The smallest absolute Gasteiger partial charge is 0.251 e. The molecule has 3 aromatic rings. The lowest BCUT2D eigenvalue weighted by atomic mass is 10.1. The van der Waals surface area contributed by atoms with Gasteiger partial charge in [-0.1, -0.05) is 17.3 Å². The number of hydrogen-bond acceptors (Lipinski definition) is 6. The van der Waals surface area contributed by atoms with E-state index in [4.69, 9.17) is 9.26 Å². The number of pyridine rings is 1. The van der Waals surface area contributed by atoms with Gasteiger partial charge in [0.15, 0.2) is 5.82 Å². The summed E-state index contributed by atoms with van der Waals surface area (Å²) in [4.78, 5) is 20.5. The van der Waals surface area contributed by atoms with Crippen molar-refractivity contribution in [2.24, 2.45) is 0 Å². The molecule has 0 spiro atoms. The molecule has 0 atom stereocenters. The zero-order chi connectivity index (χ0) is 17.6. The lowest BCUT2D eigenvalue weighted by molar-refractivity contribution is 0.0949. The van der Waals surface area contributed by atoms with Crippen molar-refractivity contribution in [1.82, 2.24) is 20.4 Å².